The van der Waals surface area contributed by atoms with Crippen LogP contribution in [0.25, 0.3) is 20.9 Å². The molecule has 4 rings (SSSR count). The maximum atomic E-state index is 4.09. The molecule has 3 heteroatoms. The van der Waals surface area contributed by atoms with Gasteiger partial charge in [0.1, 0.15) is 0 Å². The van der Waals surface area contributed by atoms with Gasteiger partial charge in [-0.3, -0.25) is 0 Å². The van der Waals surface area contributed by atoms with Crippen molar-refractivity contribution in [3.8, 4) is 0 Å². The number of imidazole rings is 1. The normalized spacial score (nSPS) is 11.4. The predicted molar refractivity (Wildman–Crippen MR) is 80.7 cm³/mol. The van der Waals surface area contributed by atoms with E-state index in [2.05, 4.69) is 52.0 Å². The molecule has 4 aromatic rings. The Morgan fingerprint density at radius 3 is 2.84 bits per heavy atom. The fraction of sp³-hybridized carbons (Fsp3) is 0.0625. The number of aromatic nitrogens is 2. The van der Waals surface area contributed by atoms with Crippen molar-refractivity contribution >= 4 is 32.2 Å². The largest absolute Gasteiger partial charge is 0.332 e. The lowest BCUT2D eigenvalue weighted by atomic mass is 10.1. The van der Waals surface area contributed by atoms with Crippen LogP contribution in [0.3, 0.4) is 0 Å². The third kappa shape index (κ3) is 1.83. The van der Waals surface area contributed by atoms with E-state index in [-0.39, 0.29) is 0 Å². The van der Waals surface area contributed by atoms with Crippen molar-refractivity contribution in [2.45, 2.75) is 6.54 Å². The molecule has 2 nitrogen and oxygen atoms in total. The van der Waals surface area contributed by atoms with Gasteiger partial charge in [0.2, 0.25) is 0 Å². The Kier molecular flexibility index (Phi) is 2.38. The molecule has 0 unspecified atom stereocenters. The van der Waals surface area contributed by atoms with E-state index in [1.165, 1.54) is 25.7 Å². The van der Waals surface area contributed by atoms with Gasteiger partial charge in [-0.25, -0.2) is 4.98 Å². The first-order valence-corrected chi connectivity index (χ1v) is 7.08. The number of thiophene rings is 1. The third-order valence-electron chi connectivity index (χ3n) is 3.36. The van der Waals surface area contributed by atoms with E-state index in [1.807, 2.05) is 30.1 Å². The average molecular weight is 264 g/mol. The smallest absolute Gasteiger partial charge is 0.0949 e. The molecule has 0 bridgehead atoms. The van der Waals surface area contributed by atoms with Gasteiger partial charge in [-0.05, 0) is 22.2 Å². The average Bonchev–Trinajstić information content (AvgIpc) is 3.08. The SMILES string of the molecule is c1ccc2c(c1)ccc1cc(Cn3ccnc3)sc12. The maximum Gasteiger partial charge on any atom is 0.0949 e. The Labute approximate surface area is 114 Å². The number of benzene rings is 2. The number of hydrogen-bond donors (Lipinski definition) is 0. The number of nitrogens with zero attached hydrogens (tertiary/aromatic N) is 2. The lowest BCUT2D eigenvalue weighted by Gasteiger charge is -1.98. The molecule has 0 N–H and O–H groups in total. The van der Waals surface area contributed by atoms with E-state index >= 15 is 0 Å². The van der Waals surface area contributed by atoms with Crippen LogP contribution in [-0.2, 0) is 6.54 Å². The zero-order valence-corrected chi connectivity index (χ0v) is 11.1. The van der Waals surface area contributed by atoms with E-state index < -0.39 is 0 Å². The van der Waals surface area contributed by atoms with Crippen molar-refractivity contribution in [1.29, 1.82) is 0 Å². The zero-order valence-electron chi connectivity index (χ0n) is 10.3. The topological polar surface area (TPSA) is 17.8 Å². The molecule has 92 valence electrons. The Bertz CT molecular complexity index is 844. The van der Waals surface area contributed by atoms with Crippen LogP contribution < -0.4 is 0 Å². The molecule has 0 spiro atoms. The van der Waals surface area contributed by atoms with Crippen molar-refractivity contribution in [2.24, 2.45) is 0 Å². The van der Waals surface area contributed by atoms with Gasteiger partial charge in [0, 0.05) is 22.0 Å². The Balaban J connectivity index is 1.88. The van der Waals surface area contributed by atoms with E-state index in [1.54, 1.807) is 0 Å². The summed E-state index contributed by atoms with van der Waals surface area (Å²) in [6.07, 6.45) is 5.69. The van der Waals surface area contributed by atoms with Crippen LogP contribution in [0.5, 0.6) is 0 Å². The molecule has 0 aliphatic rings. The lowest BCUT2D eigenvalue weighted by molar-refractivity contribution is 0.810. The van der Waals surface area contributed by atoms with Crippen LogP contribution in [0, 0.1) is 0 Å². The molecular weight excluding hydrogens is 252 g/mol. The molecule has 2 heterocycles. The van der Waals surface area contributed by atoms with Gasteiger partial charge < -0.3 is 4.57 Å². The van der Waals surface area contributed by atoms with Gasteiger partial charge >= 0.3 is 0 Å². The van der Waals surface area contributed by atoms with Gasteiger partial charge in [-0.1, -0.05) is 36.4 Å². The highest BCUT2D eigenvalue weighted by molar-refractivity contribution is 7.20. The summed E-state index contributed by atoms with van der Waals surface area (Å²) >= 11 is 1.88. The molecule has 0 saturated heterocycles. The molecule has 0 aliphatic carbocycles. The Hall–Kier alpha value is -2.13. The fourth-order valence-corrected chi connectivity index (χ4v) is 3.66. The quantitative estimate of drug-likeness (QED) is 0.528. The van der Waals surface area contributed by atoms with Gasteiger partial charge in [-0.2, -0.15) is 0 Å². The standard InChI is InChI=1S/C16H12N2S/c1-2-4-15-12(3-1)5-6-13-9-14(19-16(13)15)10-18-8-7-17-11-18/h1-9,11H,10H2. The van der Waals surface area contributed by atoms with E-state index in [0.29, 0.717) is 0 Å². The van der Waals surface area contributed by atoms with Crippen molar-refractivity contribution < 1.29 is 0 Å². The first kappa shape index (κ1) is 10.8. The molecule has 0 fully saturated rings. The first-order chi connectivity index (χ1) is 9.40. The second-order valence-electron chi connectivity index (χ2n) is 4.65. The Morgan fingerprint density at radius 2 is 1.95 bits per heavy atom. The summed E-state index contributed by atoms with van der Waals surface area (Å²) in [5.41, 5.74) is 0. The molecule has 0 saturated carbocycles. The molecule has 2 aromatic heterocycles. The number of fused-ring (bicyclic) bond motifs is 3. The zero-order chi connectivity index (χ0) is 12.7. The summed E-state index contributed by atoms with van der Waals surface area (Å²) in [6, 6.07) is 15.3. The monoisotopic (exact) mass is 264 g/mol. The summed E-state index contributed by atoms with van der Waals surface area (Å²) in [5.74, 6) is 0. The number of hydrogen-bond acceptors (Lipinski definition) is 2. The maximum absolute atomic E-state index is 4.09. The third-order valence-corrected chi connectivity index (χ3v) is 4.53. The molecule has 0 atom stereocenters. The van der Waals surface area contributed by atoms with E-state index in [0.717, 1.165) is 6.54 Å². The summed E-state index contributed by atoms with van der Waals surface area (Å²) < 4.78 is 3.49. The van der Waals surface area contributed by atoms with Crippen molar-refractivity contribution in [2.75, 3.05) is 0 Å². The summed E-state index contributed by atoms with van der Waals surface area (Å²) in [5, 5.41) is 3.99. The van der Waals surface area contributed by atoms with Crippen LogP contribution in [-0.4, -0.2) is 9.55 Å². The van der Waals surface area contributed by atoms with Gasteiger partial charge in [0.15, 0.2) is 0 Å². The summed E-state index contributed by atoms with van der Waals surface area (Å²) in [7, 11) is 0. The fourth-order valence-electron chi connectivity index (χ4n) is 2.46. The Morgan fingerprint density at radius 1 is 1.05 bits per heavy atom. The van der Waals surface area contributed by atoms with Crippen LogP contribution in [0.15, 0.2) is 61.2 Å². The molecular formula is C16H12N2S. The summed E-state index contributed by atoms with van der Waals surface area (Å²) in [4.78, 5) is 5.45. The van der Waals surface area contributed by atoms with Crippen molar-refractivity contribution in [3.63, 3.8) is 0 Å². The molecule has 0 amide bonds. The number of rotatable bonds is 2. The molecule has 19 heavy (non-hydrogen) atoms. The minimum absolute atomic E-state index is 0.897. The lowest BCUT2D eigenvalue weighted by Crippen LogP contribution is -1.92. The van der Waals surface area contributed by atoms with Gasteiger partial charge in [-0.15, -0.1) is 11.3 Å². The molecule has 2 aromatic carbocycles. The highest BCUT2D eigenvalue weighted by Gasteiger charge is 2.05. The highest BCUT2D eigenvalue weighted by atomic mass is 32.1. The van der Waals surface area contributed by atoms with Crippen LogP contribution in [0.4, 0.5) is 0 Å². The second-order valence-corrected chi connectivity index (χ2v) is 5.79. The van der Waals surface area contributed by atoms with Crippen molar-refractivity contribution in [3.05, 3.63) is 66.1 Å². The van der Waals surface area contributed by atoms with Crippen LogP contribution >= 0.6 is 11.3 Å². The minimum atomic E-state index is 0.897. The first-order valence-electron chi connectivity index (χ1n) is 6.26. The van der Waals surface area contributed by atoms with E-state index in [4.69, 9.17) is 0 Å². The molecule has 0 radical (unpaired) electrons. The van der Waals surface area contributed by atoms with Crippen LogP contribution in [0.1, 0.15) is 4.88 Å². The van der Waals surface area contributed by atoms with Gasteiger partial charge in [0.05, 0.1) is 12.9 Å². The van der Waals surface area contributed by atoms with Crippen molar-refractivity contribution in [1.82, 2.24) is 9.55 Å². The van der Waals surface area contributed by atoms with E-state index in [9.17, 15) is 0 Å². The minimum Gasteiger partial charge on any atom is -0.332 e. The molecule has 0 aliphatic heterocycles. The highest BCUT2D eigenvalue weighted by Crippen LogP contribution is 2.32. The summed E-state index contributed by atoms with van der Waals surface area (Å²) in [6.45, 7) is 0.897. The van der Waals surface area contributed by atoms with Gasteiger partial charge in [0.25, 0.3) is 0 Å². The second kappa shape index (κ2) is 4.21. The van der Waals surface area contributed by atoms with Crippen LogP contribution in [0.2, 0.25) is 0 Å². The predicted octanol–water partition coefficient (Wildman–Crippen LogP) is 4.30.